The molecule has 138 valence electrons. The quantitative estimate of drug-likeness (QED) is 0.641. The average Bonchev–Trinajstić information content (AvgIpc) is 3.20. The highest BCUT2D eigenvalue weighted by atomic mass is 32.2. The fraction of sp³-hybridized carbons (Fsp3) is 0.158. The molecule has 1 aromatic heterocycles. The fourth-order valence-corrected chi connectivity index (χ4v) is 3.09. The number of carbonyl (C=O) groups is 2. The summed E-state index contributed by atoms with van der Waals surface area (Å²) in [4.78, 5) is 30.0. The molecule has 0 saturated carbocycles. The first kappa shape index (κ1) is 18.7. The Morgan fingerprint density at radius 1 is 1.11 bits per heavy atom. The molecule has 2 N–H and O–H groups in total. The molecule has 0 unspecified atom stereocenters. The highest BCUT2D eigenvalue weighted by molar-refractivity contribution is 7.98. The van der Waals surface area contributed by atoms with E-state index >= 15 is 0 Å². The standard InChI is InChI=1S/C19H19N5O2S/c1-24(2)18(26)15-4-3-5-16(10-15)22-17(25)14-8-6-13(7-9-14)11-27-19-20-12-21-23-19/h3-10,12H,11H2,1-2H3,(H,22,25)(H,20,21,23). The number of hydrogen-bond donors (Lipinski definition) is 2. The zero-order valence-electron chi connectivity index (χ0n) is 15.0. The van der Waals surface area contributed by atoms with Crippen LogP contribution in [0.5, 0.6) is 0 Å². The zero-order valence-corrected chi connectivity index (χ0v) is 15.8. The summed E-state index contributed by atoms with van der Waals surface area (Å²) in [5, 5.41) is 10.2. The van der Waals surface area contributed by atoms with Crippen LogP contribution in [0.15, 0.2) is 60.0 Å². The van der Waals surface area contributed by atoms with E-state index in [9.17, 15) is 9.59 Å². The van der Waals surface area contributed by atoms with Crippen molar-refractivity contribution in [1.29, 1.82) is 0 Å². The summed E-state index contributed by atoms with van der Waals surface area (Å²) in [6, 6.07) is 14.3. The van der Waals surface area contributed by atoms with Crippen LogP contribution in [-0.2, 0) is 5.75 Å². The third-order valence-electron chi connectivity index (χ3n) is 3.76. The number of rotatable bonds is 6. The van der Waals surface area contributed by atoms with E-state index in [2.05, 4.69) is 20.5 Å². The first-order valence-corrected chi connectivity index (χ1v) is 9.21. The van der Waals surface area contributed by atoms with Crippen LogP contribution >= 0.6 is 11.8 Å². The van der Waals surface area contributed by atoms with Crippen LogP contribution in [0.2, 0.25) is 0 Å². The lowest BCUT2D eigenvalue weighted by molar-refractivity contribution is 0.0827. The minimum Gasteiger partial charge on any atom is -0.345 e. The molecule has 2 amide bonds. The van der Waals surface area contributed by atoms with Gasteiger partial charge in [0.2, 0.25) is 0 Å². The highest BCUT2D eigenvalue weighted by Crippen LogP contribution is 2.19. The first-order chi connectivity index (χ1) is 13.0. The molecule has 0 saturated heterocycles. The van der Waals surface area contributed by atoms with Gasteiger partial charge in [0, 0.05) is 36.7 Å². The van der Waals surface area contributed by atoms with Crippen molar-refractivity contribution in [2.75, 3.05) is 19.4 Å². The van der Waals surface area contributed by atoms with Crippen LogP contribution in [0.1, 0.15) is 26.3 Å². The van der Waals surface area contributed by atoms with E-state index in [-0.39, 0.29) is 11.8 Å². The average molecular weight is 381 g/mol. The lowest BCUT2D eigenvalue weighted by atomic mass is 10.1. The Hall–Kier alpha value is -3.13. The van der Waals surface area contributed by atoms with Crippen molar-refractivity contribution in [2.45, 2.75) is 10.9 Å². The third kappa shape index (κ3) is 4.95. The predicted octanol–water partition coefficient (Wildman–Crippen LogP) is 3.05. The number of carbonyl (C=O) groups excluding carboxylic acids is 2. The van der Waals surface area contributed by atoms with Crippen LogP contribution in [0.3, 0.4) is 0 Å². The van der Waals surface area contributed by atoms with Gasteiger partial charge in [-0.1, -0.05) is 30.0 Å². The molecule has 0 aliphatic carbocycles. The monoisotopic (exact) mass is 381 g/mol. The van der Waals surface area contributed by atoms with Gasteiger partial charge in [0.25, 0.3) is 11.8 Å². The molecular weight excluding hydrogens is 362 g/mol. The number of H-pyrrole nitrogens is 1. The summed E-state index contributed by atoms with van der Waals surface area (Å²) in [7, 11) is 3.38. The van der Waals surface area contributed by atoms with Crippen LogP contribution in [0.4, 0.5) is 5.69 Å². The van der Waals surface area contributed by atoms with Gasteiger partial charge in [-0.15, -0.1) is 0 Å². The van der Waals surface area contributed by atoms with Gasteiger partial charge in [0.05, 0.1) is 0 Å². The molecule has 2 aromatic carbocycles. The van der Waals surface area contributed by atoms with E-state index in [1.807, 2.05) is 12.1 Å². The molecule has 1 heterocycles. The van der Waals surface area contributed by atoms with Gasteiger partial charge in [0.1, 0.15) is 6.33 Å². The summed E-state index contributed by atoms with van der Waals surface area (Å²) < 4.78 is 0. The van der Waals surface area contributed by atoms with Crippen LogP contribution in [0.25, 0.3) is 0 Å². The SMILES string of the molecule is CN(C)C(=O)c1cccc(NC(=O)c2ccc(CSc3ncn[nH]3)cc2)c1. The number of aromatic amines is 1. The van der Waals surface area contributed by atoms with Crippen molar-refractivity contribution in [2.24, 2.45) is 0 Å². The molecule has 0 fully saturated rings. The van der Waals surface area contributed by atoms with Crippen LogP contribution in [0, 0.1) is 0 Å². The Bertz CT molecular complexity index is 924. The van der Waals surface area contributed by atoms with E-state index in [0.717, 1.165) is 16.5 Å². The maximum atomic E-state index is 12.5. The van der Waals surface area contributed by atoms with Crippen molar-refractivity contribution in [3.8, 4) is 0 Å². The Morgan fingerprint density at radius 2 is 1.89 bits per heavy atom. The van der Waals surface area contributed by atoms with E-state index in [1.165, 1.54) is 23.0 Å². The first-order valence-electron chi connectivity index (χ1n) is 8.23. The largest absolute Gasteiger partial charge is 0.345 e. The van der Waals surface area contributed by atoms with E-state index in [4.69, 9.17) is 0 Å². The van der Waals surface area contributed by atoms with E-state index < -0.39 is 0 Å². The minimum absolute atomic E-state index is 0.111. The summed E-state index contributed by atoms with van der Waals surface area (Å²) in [5.41, 5.74) is 2.73. The van der Waals surface area contributed by atoms with Crippen molar-refractivity contribution in [3.63, 3.8) is 0 Å². The second kappa shape index (κ2) is 8.50. The molecular formula is C19H19N5O2S. The lowest BCUT2D eigenvalue weighted by Crippen LogP contribution is -2.21. The Kier molecular flexibility index (Phi) is 5.87. The number of anilines is 1. The molecule has 3 rings (SSSR count). The summed E-state index contributed by atoms with van der Waals surface area (Å²) in [6.45, 7) is 0. The molecule has 0 atom stereocenters. The molecule has 0 aliphatic heterocycles. The number of amides is 2. The molecule has 3 aromatic rings. The van der Waals surface area contributed by atoms with E-state index in [1.54, 1.807) is 50.5 Å². The summed E-state index contributed by atoms with van der Waals surface area (Å²) in [6.07, 6.45) is 1.47. The topological polar surface area (TPSA) is 91.0 Å². The minimum atomic E-state index is -0.223. The third-order valence-corrected chi connectivity index (χ3v) is 4.71. The van der Waals surface area contributed by atoms with Crippen LogP contribution in [-0.4, -0.2) is 46.0 Å². The normalized spacial score (nSPS) is 10.4. The summed E-state index contributed by atoms with van der Waals surface area (Å²) >= 11 is 1.54. The number of hydrogen-bond acceptors (Lipinski definition) is 5. The number of nitrogens with zero attached hydrogens (tertiary/aromatic N) is 3. The molecule has 0 radical (unpaired) electrons. The van der Waals surface area contributed by atoms with Gasteiger partial charge >= 0.3 is 0 Å². The second-order valence-electron chi connectivity index (χ2n) is 6.01. The Balaban J connectivity index is 1.62. The zero-order chi connectivity index (χ0) is 19.2. The molecule has 7 nitrogen and oxygen atoms in total. The van der Waals surface area contributed by atoms with E-state index in [0.29, 0.717) is 16.8 Å². The summed E-state index contributed by atoms with van der Waals surface area (Å²) in [5.74, 6) is 0.393. The molecule has 8 heteroatoms. The highest BCUT2D eigenvalue weighted by Gasteiger charge is 2.11. The molecule has 0 aliphatic rings. The van der Waals surface area contributed by atoms with Gasteiger partial charge in [-0.3, -0.25) is 14.7 Å². The predicted molar refractivity (Wildman–Crippen MR) is 105 cm³/mol. The van der Waals surface area contributed by atoms with Crippen molar-refractivity contribution in [1.82, 2.24) is 20.1 Å². The maximum absolute atomic E-state index is 12.5. The smallest absolute Gasteiger partial charge is 0.255 e. The van der Waals surface area contributed by atoms with Gasteiger partial charge in [-0.05, 0) is 35.9 Å². The lowest BCUT2D eigenvalue weighted by Gasteiger charge is -2.12. The molecule has 0 spiro atoms. The van der Waals surface area contributed by atoms with Gasteiger partial charge in [-0.2, -0.15) is 5.10 Å². The Labute approximate surface area is 161 Å². The van der Waals surface area contributed by atoms with Crippen molar-refractivity contribution >= 4 is 29.3 Å². The number of aromatic nitrogens is 3. The van der Waals surface area contributed by atoms with Gasteiger partial charge < -0.3 is 10.2 Å². The van der Waals surface area contributed by atoms with Gasteiger partial charge in [0.15, 0.2) is 5.16 Å². The van der Waals surface area contributed by atoms with Crippen molar-refractivity contribution in [3.05, 3.63) is 71.5 Å². The van der Waals surface area contributed by atoms with Crippen molar-refractivity contribution < 1.29 is 9.59 Å². The fourth-order valence-electron chi connectivity index (χ4n) is 2.36. The molecule has 0 bridgehead atoms. The molecule has 27 heavy (non-hydrogen) atoms. The maximum Gasteiger partial charge on any atom is 0.255 e. The second-order valence-corrected chi connectivity index (χ2v) is 6.97. The van der Waals surface area contributed by atoms with Crippen LogP contribution < -0.4 is 5.32 Å². The number of nitrogens with one attached hydrogen (secondary N) is 2. The number of benzene rings is 2. The van der Waals surface area contributed by atoms with Gasteiger partial charge in [-0.25, -0.2) is 4.98 Å². The Morgan fingerprint density at radius 3 is 2.56 bits per heavy atom. The number of thioether (sulfide) groups is 1.